The Morgan fingerprint density at radius 1 is 1.35 bits per heavy atom. The van der Waals surface area contributed by atoms with E-state index in [0.29, 0.717) is 12.0 Å². The average molecular weight is 236 g/mol. The van der Waals surface area contributed by atoms with E-state index in [1.165, 1.54) is 25.7 Å². The zero-order valence-corrected chi connectivity index (χ0v) is 10.9. The Hall–Kier alpha value is -0.590. The van der Waals surface area contributed by atoms with E-state index in [9.17, 15) is 5.26 Å². The molecule has 1 aliphatic heterocycles. The lowest BCUT2D eigenvalue weighted by atomic mass is 9.72. The van der Waals surface area contributed by atoms with Gasteiger partial charge in [0.25, 0.3) is 0 Å². The number of hydrogen-bond donors (Lipinski definition) is 1. The molecule has 0 bridgehead atoms. The van der Waals surface area contributed by atoms with Crippen LogP contribution in [0.25, 0.3) is 0 Å². The van der Waals surface area contributed by atoms with Crippen LogP contribution in [0.5, 0.6) is 0 Å². The minimum Gasteiger partial charge on any atom is -0.377 e. The van der Waals surface area contributed by atoms with Crippen molar-refractivity contribution in [1.29, 1.82) is 5.26 Å². The molecule has 3 nitrogen and oxygen atoms in total. The molecule has 0 spiro atoms. The van der Waals surface area contributed by atoms with Gasteiger partial charge in [-0.3, -0.25) is 5.32 Å². The standard InChI is InChI=1S/C14H24N2O/c1-2-12-6-3-4-8-14(12,11-15)16-10-13-7-5-9-17-13/h12-13,16H,2-10H2,1H3. The zero-order chi connectivity index (χ0) is 12.1. The van der Waals surface area contributed by atoms with Crippen LogP contribution in [0.4, 0.5) is 0 Å². The van der Waals surface area contributed by atoms with Crippen molar-refractivity contribution < 1.29 is 4.74 Å². The topological polar surface area (TPSA) is 45.0 Å². The normalized spacial score (nSPS) is 37.9. The summed E-state index contributed by atoms with van der Waals surface area (Å²) in [5, 5.41) is 13.1. The van der Waals surface area contributed by atoms with Gasteiger partial charge < -0.3 is 4.74 Å². The highest BCUT2D eigenvalue weighted by atomic mass is 16.5. The molecular weight excluding hydrogens is 212 g/mol. The Balaban J connectivity index is 1.94. The summed E-state index contributed by atoms with van der Waals surface area (Å²) < 4.78 is 5.63. The second kappa shape index (κ2) is 5.84. The first-order valence-corrected chi connectivity index (χ1v) is 7.08. The Labute approximate surface area is 105 Å². The van der Waals surface area contributed by atoms with E-state index in [-0.39, 0.29) is 5.54 Å². The Morgan fingerprint density at radius 3 is 2.88 bits per heavy atom. The van der Waals surface area contributed by atoms with Crippen molar-refractivity contribution in [2.45, 2.75) is 63.5 Å². The van der Waals surface area contributed by atoms with Crippen LogP contribution < -0.4 is 5.32 Å². The first kappa shape index (κ1) is 12.9. The molecule has 1 heterocycles. The molecule has 0 aromatic rings. The molecule has 3 atom stereocenters. The van der Waals surface area contributed by atoms with Gasteiger partial charge >= 0.3 is 0 Å². The average Bonchev–Trinajstić information content (AvgIpc) is 2.89. The summed E-state index contributed by atoms with van der Waals surface area (Å²) in [6, 6.07) is 2.58. The van der Waals surface area contributed by atoms with E-state index < -0.39 is 0 Å². The monoisotopic (exact) mass is 236 g/mol. The first-order valence-electron chi connectivity index (χ1n) is 7.08. The lowest BCUT2D eigenvalue weighted by molar-refractivity contribution is 0.0919. The van der Waals surface area contributed by atoms with Crippen molar-refractivity contribution in [3.63, 3.8) is 0 Å². The van der Waals surface area contributed by atoms with Gasteiger partial charge in [0.05, 0.1) is 12.2 Å². The lowest BCUT2D eigenvalue weighted by Gasteiger charge is -2.40. The molecule has 1 aliphatic carbocycles. The highest BCUT2D eigenvalue weighted by molar-refractivity contribution is 5.12. The molecule has 3 unspecified atom stereocenters. The summed E-state index contributed by atoms with van der Waals surface area (Å²) >= 11 is 0. The van der Waals surface area contributed by atoms with Crippen molar-refractivity contribution in [3.05, 3.63) is 0 Å². The van der Waals surface area contributed by atoms with Crippen LogP contribution in [0, 0.1) is 17.2 Å². The van der Waals surface area contributed by atoms with Crippen LogP contribution in [0.2, 0.25) is 0 Å². The number of nitrogens with zero attached hydrogens (tertiary/aromatic N) is 1. The second-order valence-electron chi connectivity index (χ2n) is 5.45. The molecule has 2 rings (SSSR count). The summed E-state index contributed by atoms with van der Waals surface area (Å²) in [4.78, 5) is 0. The third-order valence-electron chi connectivity index (χ3n) is 4.43. The second-order valence-corrected chi connectivity index (χ2v) is 5.45. The smallest absolute Gasteiger partial charge is 0.109 e. The predicted octanol–water partition coefficient (Wildman–Crippen LogP) is 2.62. The fourth-order valence-corrected chi connectivity index (χ4v) is 3.32. The fraction of sp³-hybridized carbons (Fsp3) is 0.929. The van der Waals surface area contributed by atoms with Crippen molar-refractivity contribution >= 4 is 0 Å². The minimum absolute atomic E-state index is 0.279. The van der Waals surface area contributed by atoms with Gasteiger partial charge in [-0.2, -0.15) is 5.26 Å². The van der Waals surface area contributed by atoms with E-state index in [0.717, 1.165) is 32.4 Å². The number of ether oxygens (including phenoxy) is 1. The molecule has 1 saturated heterocycles. The summed E-state index contributed by atoms with van der Waals surface area (Å²) in [6.45, 7) is 3.95. The molecule has 1 N–H and O–H groups in total. The summed E-state index contributed by atoms with van der Waals surface area (Å²) in [5.74, 6) is 0.516. The van der Waals surface area contributed by atoms with Crippen molar-refractivity contribution in [2.75, 3.05) is 13.2 Å². The van der Waals surface area contributed by atoms with E-state index >= 15 is 0 Å². The van der Waals surface area contributed by atoms with Gasteiger partial charge in [-0.25, -0.2) is 0 Å². The molecule has 3 heteroatoms. The largest absolute Gasteiger partial charge is 0.377 e. The molecule has 0 radical (unpaired) electrons. The third kappa shape index (κ3) is 2.81. The van der Waals surface area contributed by atoms with Gasteiger partial charge in [0.2, 0.25) is 0 Å². The highest BCUT2D eigenvalue weighted by Crippen LogP contribution is 2.35. The molecule has 0 aromatic carbocycles. The molecular formula is C14H24N2O. The van der Waals surface area contributed by atoms with Gasteiger partial charge in [-0.05, 0) is 31.6 Å². The Morgan fingerprint density at radius 2 is 2.24 bits per heavy atom. The zero-order valence-electron chi connectivity index (χ0n) is 10.9. The van der Waals surface area contributed by atoms with Crippen LogP contribution in [0.15, 0.2) is 0 Å². The number of rotatable bonds is 4. The van der Waals surface area contributed by atoms with Crippen molar-refractivity contribution in [2.24, 2.45) is 5.92 Å². The maximum absolute atomic E-state index is 9.56. The first-order chi connectivity index (χ1) is 8.30. The summed E-state index contributed by atoms with van der Waals surface area (Å²) in [6.07, 6.45) is 8.42. The number of hydrogen-bond acceptors (Lipinski definition) is 3. The fourth-order valence-electron chi connectivity index (χ4n) is 3.32. The Kier molecular flexibility index (Phi) is 4.42. The van der Waals surface area contributed by atoms with Crippen LogP contribution >= 0.6 is 0 Å². The quantitative estimate of drug-likeness (QED) is 0.816. The molecule has 2 aliphatic rings. The number of nitrogens with one attached hydrogen (secondary N) is 1. The molecule has 0 amide bonds. The van der Waals surface area contributed by atoms with Gasteiger partial charge in [0, 0.05) is 13.2 Å². The summed E-state index contributed by atoms with van der Waals surface area (Å²) in [7, 11) is 0. The lowest BCUT2D eigenvalue weighted by Crippen LogP contribution is -2.53. The SMILES string of the molecule is CCC1CCCCC1(C#N)NCC1CCCO1. The molecule has 2 fully saturated rings. The Bertz CT molecular complexity index is 280. The van der Waals surface area contributed by atoms with Gasteiger partial charge in [0.15, 0.2) is 0 Å². The molecule has 96 valence electrons. The van der Waals surface area contributed by atoms with Crippen molar-refractivity contribution in [1.82, 2.24) is 5.32 Å². The maximum atomic E-state index is 9.56. The minimum atomic E-state index is -0.279. The van der Waals surface area contributed by atoms with Gasteiger partial charge in [-0.1, -0.05) is 26.2 Å². The van der Waals surface area contributed by atoms with Gasteiger partial charge in [0.1, 0.15) is 5.54 Å². The van der Waals surface area contributed by atoms with E-state index in [1.54, 1.807) is 0 Å². The van der Waals surface area contributed by atoms with E-state index in [4.69, 9.17) is 4.74 Å². The van der Waals surface area contributed by atoms with Gasteiger partial charge in [-0.15, -0.1) is 0 Å². The van der Waals surface area contributed by atoms with Crippen LogP contribution in [0.1, 0.15) is 51.9 Å². The van der Waals surface area contributed by atoms with Crippen molar-refractivity contribution in [3.8, 4) is 6.07 Å². The summed E-state index contributed by atoms with van der Waals surface area (Å²) in [5.41, 5.74) is -0.279. The van der Waals surface area contributed by atoms with Crippen LogP contribution in [-0.4, -0.2) is 24.8 Å². The predicted molar refractivity (Wildman–Crippen MR) is 67.6 cm³/mol. The maximum Gasteiger partial charge on any atom is 0.109 e. The third-order valence-corrected chi connectivity index (χ3v) is 4.43. The molecule has 17 heavy (non-hydrogen) atoms. The molecule has 0 aromatic heterocycles. The highest BCUT2D eigenvalue weighted by Gasteiger charge is 2.40. The van der Waals surface area contributed by atoms with Crippen LogP contribution in [0.3, 0.4) is 0 Å². The number of nitriles is 1. The van der Waals surface area contributed by atoms with E-state index in [2.05, 4.69) is 18.3 Å². The van der Waals surface area contributed by atoms with E-state index in [1.807, 2.05) is 0 Å². The molecule has 1 saturated carbocycles. The van der Waals surface area contributed by atoms with Crippen LogP contribution in [-0.2, 0) is 4.74 Å².